The van der Waals surface area contributed by atoms with E-state index < -0.39 is 12.0 Å². The molecule has 0 spiro atoms. The molecule has 168 valence electrons. The van der Waals surface area contributed by atoms with Gasteiger partial charge in [0.1, 0.15) is 6.04 Å². The molecule has 5 rings (SSSR count). The Bertz CT molecular complexity index is 1470. The van der Waals surface area contributed by atoms with Crippen LogP contribution in [-0.4, -0.2) is 23.9 Å². The fraction of sp³-hybridized carbons (Fsp3) is 0.208. The van der Waals surface area contributed by atoms with E-state index in [1.54, 1.807) is 19.9 Å². The number of carbonyl (C=O) groups excluding carboxylic acids is 1. The fourth-order valence-corrected chi connectivity index (χ4v) is 5.16. The predicted molar refractivity (Wildman–Crippen MR) is 128 cm³/mol. The number of allylic oxidation sites excluding steroid dienone is 1. The highest BCUT2D eigenvalue weighted by molar-refractivity contribution is 9.10. The molecule has 0 saturated heterocycles. The van der Waals surface area contributed by atoms with Gasteiger partial charge in [-0.15, -0.1) is 0 Å². The molecule has 33 heavy (non-hydrogen) atoms. The molecule has 2 aliphatic heterocycles. The lowest BCUT2D eigenvalue weighted by molar-refractivity contribution is -0.138. The topological polar surface area (TPSA) is 79.1 Å². The van der Waals surface area contributed by atoms with Crippen LogP contribution in [0, 0.1) is 0 Å². The highest BCUT2D eigenvalue weighted by atomic mass is 79.9. The maximum atomic E-state index is 13.3. The van der Waals surface area contributed by atoms with Crippen LogP contribution in [0.15, 0.2) is 62.3 Å². The van der Waals surface area contributed by atoms with E-state index in [4.69, 9.17) is 19.2 Å². The number of hydrogen-bond acceptors (Lipinski definition) is 7. The number of halogens is 1. The van der Waals surface area contributed by atoms with Crippen molar-refractivity contribution >= 4 is 45.0 Å². The second kappa shape index (κ2) is 8.64. The molecule has 0 saturated carbocycles. The first-order valence-electron chi connectivity index (χ1n) is 10.3. The van der Waals surface area contributed by atoms with E-state index in [0.29, 0.717) is 32.1 Å². The monoisotopic (exact) mass is 526 g/mol. The molecular formula is C24H19BrN2O5S. The van der Waals surface area contributed by atoms with Crippen molar-refractivity contribution in [2.75, 3.05) is 13.4 Å². The zero-order valence-corrected chi connectivity index (χ0v) is 20.2. The van der Waals surface area contributed by atoms with Crippen LogP contribution in [-0.2, 0) is 9.53 Å². The number of rotatable bonds is 4. The lowest BCUT2D eigenvalue weighted by Gasteiger charge is -2.22. The average Bonchev–Trinajstić information content (AvgIpc) is 3.38. The van der Waals surface area contributed by atoms with E-state index in [-0.39, 0.29) is 19.0 Å². The van der Waals surface area contributed by atoms with Crippen LogP contribution < -0.4 is 24.4 Å². The lowest BCUT2D eigenvalue weighted by Crippen LogP contribution is -2.35. The minimum Gasteiger partial charge on any atom is -0.463 e. The third-order valence-electron chi connectivity index (χ3n) is 5.42. The molecule has 0 amide bonds. The van der Waals surface area contributed by atoms with Crippen molar-refractivity contribution in [2.24, 2.45) is 4.99 Å². The summed E-state index contributed by atoms with van der Waals surface area (Å²) in [4.78, 5) is 31.5. The van der Waals surface area contributed by atoms with Gasteiger partial charge < -0.3 is 14.2 Å². The molecule has 0 bridgehead atoms. The van der Waals surface area contributed by atoms with E-state index in [1.807, 2.05) is 42.5 Å². The molecule has 2 aromatic carbocycles. The van der Waals surface area contributed by atoms with Crippen LogP contribution >= 0.6 is 27.3 Å². The Hall–Kier alpha value is -3.17. The molecule has 0 N–H and O–H groups in total. The van der Waals surface area contributed by atoms with Crippen LogP contribution in [0.1, 0.15) is 31.0 Å². The van der Waals surface area contributed by atoms with Gasteiger partial charge >= 0.3 is 5.97 Å². The van der Waals surface area contributed by atoms with E-state index in [1.165, 1.54) is 15.9 Å². The first kappa shape index (κ1) is 21.7. The van der Waals surface area contributed by atoms with Crippen molar-refractivity contribution in [1.82, 2.24) is 4.57 Å². The van der Waals surface area contributed by atoms with Gasteiger partial charge in [0.2, 0.25) is 6.79 Å². The van der Waals surface area contributed by atoms with Gasteiger partial charge in [0.25, 0.3) is 5.56 Å². The smallest absolute Gasteiger partial charge is 0.338 e. The van der Waals surface area contributed by atoms with Crippen molar-refractivity contribution in [1.29, 1.82) is 0 Å². The highest BCUT2D eigenvalue weighted by Gasteiger charge is 2.31. The SMILES string of the molecule is CCOC(=O)C1=C(C)n2c(s/c(=C\c3ccc4c(c3)OCO4)c2=O)=N[C@@H]1c1ccc(Br)cc1. The molecule has 1 atom stereocenters. The fourth-order valence-electron chi connectivity index (χ4n) is 3.86. The Morgan fingerprint density at radius 3 is 2.76 bits per heavy atom. The molecule has 2 aliphatic rings. The summed E-state index contributed by atoms with van der Waals surface area (Å²) in [7, 11) is 0. The van der Waals surface area contributed by atoms with Gasteiger partial charge in [-0.3, -0.25) is 9.36 Å². The van der Waals surface area contributed by atoms with Crippen LogP contribution in [0.5, 0.6) is 11.5 Å². The standard InChI is InChI=1S/C24H19BrN2O5S/c1-3-30-23(29)20-13(2)27-22(28)19(11-14-4-9-17-18(10-14)32-12-31-17)33-24(27)26-21(20)15-5-7-16(25)8-6-15/h4-11,21H,3,12H2,1-2H3/b19-11-/t21-/m1/s1. The summed E-state index contributed by atoms with van der Waals surface area (Å²) in [5.41, 5.74) is 2.31. The molecule has 7 nitrogen and oxygen atoms in total. The zero-order chi connectivity index (χ0) is 23.1. The van der Waals surface area contributed by atoms with Crippen molar-refractivity contribution in [3.8, 4) is 11.5 Å². The molecule has 0 fully saturated rings. The van der Waals surface area contributed by atoms with Gasteiger partial charge in [-0.25, -0.2) is 9.79 Å². The first-order valence-corrected chi connectivity index (χ1v) is 11.9. The normalized spacial score (nSPS) is 17.1. The summed E-state index contributed by atoms with van der Waals surface area (Å²) >= 11 is 4.72. The Balaban J connectivity index is 1.68. The minimum atomic E-state index is -0.561. The summed E-state index contributed by atoms with van der Waals surface area (Å²) < 4.78 is 19.0. The Morgan fingerprint density at radius 1 is 1.24 bits per heavy atom. The number of nitrogens with zero attached hydrogens (tertiary/aromatic N) is 2. The molecule has 0 aliphatic carbocycles. The number of esters is 1. The number of carbonyl (C=O) groups is 1. The van der Waals surface area contributed by atoms with E-state index in [2.05, 4.69) is 15.9 Å². The van der Waals surface area contributed by atoms with Crippen LogP contribution in [0.2, 0.25) is 0 Å². The third kappa shape index (κ3) is 3.91. The molecule has 0 unspecified atom stereocenters. The van der Waals surface area contributed by atoms with Gasteiger partial charge in [0.15, 0.2) is 16.3 Å². The summed E-state index contributed by atoms with van der Waals surface area (Å²) in [6, 6.07) is 12.6. The zero-order valence-electron chi connectivity index (χ0n) is 17.8. The van der Waals surface area contributed by atoms with Crippen molar-refractivity contribution in [3.05, 3.63) is 83.3 Å². The van der Waals surface area contributed by atoms with Crippen LogP contribution in [0.3, 0.4) is 0 Å². The third-order valence-corrected chi connectivity index (χ3v) is 6.93. The quantitative estimate of drug-likeness (QED) is 0.487. The Kier molecular flexibility index (Phi) is 5.67. The van der Waals surface area contributed by atoms with Crippen LogP contribution in [0.4, 0.5) is 0 Å². The second-order valence-electron chi connectivity index (χ2n) is 7.45. The predicted octanol–water partition coefficient (Wildman–Crippen LogP) is 3.40. The number of thiazole rings is 1. The first-order chi connectivity index (χ1) is 16.0. The second-order valence-corrected chi connectivity index (χ2v) is 9.37. The van der Waals surface area contributed by atoms with Gasteiger partial charge in [-0.1, -0.05) is 45.5 Å². The number of fused-ring (bicyclic) bond motifs is 2. The number of ether oxygens (including phenoxy) is 3. The van der Waals surface area contributed by atoms with E-state index >= 15 is 0 Å². The molecule has 3 heterocycles. The van der Waals surface area contributed by atoms with Gasteiger partial charge in [-0.05, 0) is 55.3 Å². The largest absolute Gasteiger partial charge is 0.463 e. The van der Waals surface area contributed by atoms with Crippen molar-refractivity contribution in [3.63, 3.8) is 0 Å². The molecular weight excluding hydrogens is 508 g/mol. The van der Waals surface area contributed by atoms with Crippen LogP contribution in [0.25, 0.3) is 11.8 Å². The maximum Gasteiger partial charge on any atom is 0.338 e. The lowest BCUT2D eigenvalue weighted by atomic mass is 9.97. The summed E-state index contributed by atoms with van der Waals surface area (Å²) in [5, 5.41) is 0. The number of hydrogen-bond donors (Lipinski definition) is 0. The average molecular weight is 527 g/mol. The molecule has 0 radical (unpaired) electrons. The minimum absolute atomic E-state index is 0.186. The molecule has 9 heteroatoms. The number of benzene rings is 2. The Morgan fingerprint density at radius 2 is 2.00 bits per heavy atom. The molecule has 3 aromatic rings. The molecule has 1 aromatic heterocycles. The van der Waals surface area contributed by atoms with Gasteiger partial charge in [0.05, 0.1) is 16.7 Å². The van der Waals surface area contributed by atoms with Gasteiger partial charge in [0, 0.05) is 10.2 Å². The van der Waals surface area contributed by atoms with E-state index in [0.717, 1.165) is 15.6 Å². The number of aromatic nitrogens is 1. The van der Waals surface area contributed by atoms with Crippen molar-refractivity contribution in [2.45, 2.75) is 19.9 Å². The summed E-state index contributed by atoms with van der Waals surface area (Å²) in [5.74, 6) is 0.849. The van der Waals surface area contributed by atoms with Gasteiger partial charge in [-0.2, -0.15) is 0 Å². The van der Waals surface area contributed by atoms with Crippen molar-refractivity contribution < 1.29 is 19.0 Å². The summed E-state index contributed by atoms with van der Waals surface area (Å²) in [6.07, 6.45) is 1.79. The van der Waals surface area contributed by atoms with E-state index in [9.17, 15) is 9.59 Å². The summed E-state index contributed by atoms with van der Waals surface area (Å²) in [6.45, 7) is 3.93. The Labute approximate surface area is 201 Å². The maximum absolute atomic E-state index is 13.3. The highest BCUT2D eigenvalue weighted by Crippen LogP contribution is 2.34.